The van der Waals surface area contributed by atoms with E-state index in [0.717, 1.165) is 53.8 Å². The summed E-state index contributed by atoms with van der Waals surface area (Å²) >= 11 is 1.76. The van der Waals surface area contributed by atoms with Crippen molar-refractivity contribution in [3.05, 3.63) is 53.0 Å². The van der Waals surface area contributed by atoms with Crippen LogP contribution in [0.15, 0.2) is 42.5 Å². The van der Waals surface area contributed by atoms with Crippen LogP contribution in [0.2, 0.25) is 0 Å². The molecule has 1 aromatic heterocycles. The van der Waals surface area contributed by atoms with Crippen molar-refractivity contribution in [2.24, 2.45) is 0 Å². The number of thiazole rings is 1. The second-order valence-electron chi connectivity index (χ2n) is 6.29. The van der Waals surface area contributed by atoms with Crippen LogP contribution >= 0.6 is 11.3 Å². The Morgan fingerprint density at radius 2 is 1.85 bits per heavy atom. The van der Waals surface area contributed by atoms with Crippen LogP contribution in [0, 0.1) is 0 Å². The summed E-state index contributed by atoms with van der Waals surface area (Å²) in [7, 11) is 3.38. The van der Waals surface area contributed by atoms with Crippen LogP contribution in [0.4, 0.5) is 0 Å². The minimum Gasteiger partial charge on any atom is -0.493 e. The molecule has 1 aliphatic heterocycles. The summed E-state index contributed by atoms with van der Waals surface area (Å²) in [5.74, 6) is 1.55. The lowest BCUT2D eigenvalue weighted by atomic mass is 10.0. The van der Waals surface area contributed by atoms with Gasteiger partial charge in [-0.05, 0) is 18.2 Å². The molecule has 0 saturated carbocycles. The zero-order valence-electron chi connectivity index (χ0n) is 15.1. The van der Waals surface area contributed by atoms with Crippen molar-refractivity contribution in [3.63, 3.8) is 0 Å². The molecule has 0 bridgehead atoms. The van der Waals surface area contributed by atoms with E-state index >= 15 is 0 Å². The molecule has 26 heavy (non-hydrogen) atoms. The van der Waals surface area contributed by atoms with Crippen molar-refractivity contribution in [1.82, 2.24) is 15.2 Å². The van der Waals surface area contributed by atoms with Gasteiger partial charge >= 0.3 is 0 Å². The first-order valence-electron chi connectivity index (χ1n) is 8.83. The summed E-state index contributed by atoms with van der Waals surface area (Å²) in [6.45, 7) is 3.91. The molecule has 6 heteroatoms. The molecule has 0 amide bonds. The highest BCUT2D eigenvalue weighted by atomic mass is 32.1. The average Bonchev–Trinajstić information content (AvgIpc) is 3.12. The fourth-order valence-corrected chi connectivity index (χ4v) is 4.68. The number of aromatic nitrogens is 1. The first kappa shape index (κ1) is 17.3. The Morgan fingerprint density at radius 1 is 1.04 bits per heavy atom. The molecule has 3 aromatic rings. The van der Waals surface area contributed by atoms with E-state index in [2.05, 4.69) is 34.5 Å². The fraction of sp³-hybridized carbons (Fsp3) is 0.350. The molecule has 1 saturated heterocycles. The number of methoxy groups -OCH3 is 2. The van der Waals surface area contributed by atoms with Gasteiger partial charge in [0.2, 0.25) is 0 Å². The van der Waals surface area contributed by atoms with Gasteiger partial charge in [-0.25, -0.2) is 4.98 Å². The van der Waals surface area contributed by atoms with E-state index in [1.807, 2.05) is 18.2 Å². The molecule has 1 N–H and O–H groups in total. The molecule has 0 spiro atoms. The normalized spacial score (nSPS) is 16.5. The van der Waals surface area contributed by atoms with E-state index in [0.29, 0.717) is 0 Å². The largest absolute Gasteiger partial charge is 0.493 e. The van der Waals surface area contributed by atoms with Crippen LogP contribution in [-0.4, -0.2) is 50.3 Å². The molecule has 2 aromatic carbocycles. The topological polar surface area (TPSA) is 46.6 Å². The predicted octanol–water partition coefficient (Wildman–Crippen LogP) is 3.31. The summed E-state index contributed by atoms with van der Waals surface area (Å²) < 4.78 is 12.5. The number of fused-ring (bicyclic) bond motifs is 1. The van der Waals surface area contributed by atoms with Crippen molar-refractivity contribution in [3.8, 4) is 11.5 Å². The average molecular weight is 369 g/mol. The standard InChI is InChI=1S/C20H23N3O2S/c1-24-16-8-5-6-14(19(16)25-2)18(23-12-10-21-11-13-23)20-22-15-7-3-4-9-17(15)26-20/h3-9,18,21H,10-13H2,1-2H3. The Kier molecular flexibility index (Phi) is 5.06. The SMILES string of the molecule is COc1cccc(C(c2nc3ccccc3s2)N2CCNCC2)c1OC. The van der Waals surface area contributed by atoms with E-state index < -0.39 is 0 Å². The van der Waals surface area contributed by atoms with Crippen molar-refractivity contribution in [2.75, 3.05) is 40.4 Å². The van der Waals surface area contributed by atoms with Gasteiger partial charge < -0.3 is 14.8 Å². The highest BCUT2D eigenvalue weighted by Crippen LogP contribution is 2.42. The number of hydrogen-bond acceptors (Lipinski definition) is 6. The molecule has 4 rings (SSSR count). The quantitative estimate of drug-likeness (QED) is 0.748. The number of ether oxygens (including phenoxy) is 2. The van der Waals surface area contributed by atoms with Crippen LogP contribution in [0.5, 0.6) is 11.5 Å². The van der Waals surface area contributed by atoms with Gasteiger partial charge in [0, 0.05) is 31.7 Å². The fourth-order valence-electron chi connectivity index (χ4n) is 3.56. The van der Waals surface area contributed by atoms with Gasteiger partial charge in [-0.3, -0.25) is 4.90 Å². The van der Waals surface area contributed by atoms with Crippen LogP contribution < -0.4 is 14.8 Å². The highest BCUT2D eigenvalue weighted by molar-refractivity contribution is 7.18. The van der Waals surface area contributed by atoms with Crippen LogP contribution in [-0.2, 0) is 0 Å². The van der Waals surface area contributed by atoms with Crippen LogP contribution in [0.25, 0.3) is 10.2 Å². The summed E-state index contributed by atoms with van der Waals surface area (Å²) in [6.07, 6.45) is 0. The molecule has 0 radical (unpaired) electrons. The molecule has 1 aliphatic rings. The number of nitrogens with one attached hydrogen (secondary N) is 1. The maximum atomic E-state index is 5.74. The lowest BCUT2D eigenvalue weighted by molar-refractivity contribution is 0.194. The number of nitrogens with zero attached hydrogens (tertiary/aromatic N) is 2. The van der Waals surface area contributed by atoms with E-state index in [1.54, 1.807) is 25.6 Å². The van der Waals surface area contributed by atoms with Crippen molar-refractivity contribution in [1.29, 1.82) is 0 Å². The molecule has 0 aliphatic carbocycles. The van der Waals surface area contributed by atoms with E-state index in [-0.39, 0.29) is 6.04 Å². The van der Waals surface area contributed by atoms with Gasteiger partial charge in [0.1, 0.15) is 5.01 Å². The zero-order valence-corrected chi connectivity index (χ0v) is 15.9. The zero-order chi connectivity index (χ0) is 17.9. The molecule has 2 heterocycles. The van der Waals surface area contributed by atoms with Crippen LogP contribution in [0.1, 0.15) is 16.6 Å². The first-order valence-corrected chi connectivity index (χ1v) is 9.64. The maximum Gasteiger partial charge on any atom is 0.165 e. The van der Waals surface area contributed by atoms with Gasteiger partial charge in [0.25, 0.3) is 0 Å². The minimum absolute atomic E-state index is 0.0551. The predicted molar refractivity (Wildman–Crippen MR) is 105 cm³/mol. The Morgan fingerprint density at radius 3 is 2.58 bits per heavy atom. The monoisotopic (exact) mass is 369 g/mol. The lowest BCUT2D eigenvalue weighted by Crippen LogP contribution is -2.45. The number of hydrogen-bond donors (Lipinski definition) is 1. The van der Waals surface area contributed by atoms with Gasteiger partial charge in [0.15, 0.2) is 11.5 Å². The number of para-hydroxylation sites is 2. The Balaban J connectivity index is 1.86. The van der Waals surface area contributed by atoms with E-state index in [9.17, 15) is 0 Å². The highest BCUT2D eigenvalue weighted by Gasteiger charge is 2.30. The Hall–Kier alpha value is -2.15. The maximum absolute atomic E-state index is 5.74. The third-order valence-electron chi connectivity index (χ3n) is 4.79. The molecule has 5 nitrogen and oxygen atoms in total. The number of rotatable bonds is 5. The second kappa shape index (κ2) is 7.61. The van der Waals surface area contributed by atoms with Crippen LogP contribution in [0.3, 0.4) is 0 Å². The Bertz CT molecular complexity index is 857. The van der Waals surface area contributed by atoms with Gasteiger partial charge in [0.05, 0.1) is 30.5 Å². The van der Waals surface area contributed by atoms with Gasteiger partial charge in [-0.15, -0.1) is 11.3 Å². The molecule has 1 fully saturated rings. The van der Waals surface area contributed by atoms with Gasteiger partial charge in [-0.2, -0.15) is 0 Å². The molecule has 136 valence electrons. The minimum atomic E-state index is 0.0551. The van der Waals surface area contributed by atoms with E-state index in [4.69, 9.17) is 14.5 Å². The smallest absolute Gasteiger partial charge is 0.165 e. The van der Waals surface area contributed by atoms with E-state index in [1.165, 1.54) is 4.70 Å². The summed E-state index contributed by atoms with van der Waals surface area (Å²) in [5.41, 5.74) is 2.15. The molecular weight excluding hydrogens is 346 g/mol. The molecular formula is C20H23N3O2S. The first-order chi connectivity index (χ1) is 12.8. The van der Waals surface area contributed by atoms with Crippen molar-refractivity contribution in [2.45, 2.75) is 6.04 Å². The second-order valence-corrected chi connectivity index (χ2v) is 7.35. The third-order valence-corrected chi connectivity index (χ3v) is 5.88. The molecule has 1 unspecified atom stereocenters. The lowest BCUT2D eigenvalue weighted by Gasteiger charge is -2.34. The van der Waals surface area contributed by atoms with Crippen molar-refractivity contribution >= 4 is 21.6 Å². The summed E-state index contributed by atoms with van der Waals surface area (Å²) in [5, 5.41) is 4.53. The van der Waals surface area contributed by atoms with Crippen molar-refractivity contribution < 1.29 is 9.47 Å². The Labute approximate surface area is 157 Å². The summed E-state index contributed by atoms with van der Waals surface area (Å²) in [4.78, 5) is 7.43. The molecule has 1 atom stereocenters. The number of benzene rings is 2. The number of piperazine rings is 1. The third kappa shape index (κ3) is 3.16. The summed E-state index contributed by atoms with van der Waals surface area (Å²) in [6, 6.07) is 14.5. The van der Waals surface area contributed by atoms with Gasteiger partial charge in [-0.1, -0.05) is 24.3 Å².